The Kier molecular flexibility index (Phi) is 7.08. The highest BCUT2D eigenvalue weighted by Crippen LogP contribution is 2.23. The molecule has 1 aromatic carbocycles. The highest BCUT2D eigenvalue weighted by atomic mass is 32.2. The quantitative estimate of drug-likeness (QED) is 0.723. The Morgan fingerprint density at radius 2 is 2.18 bits per heavy atom. The minimum absolute atomic E-state index is 0.390. The van der Waals surface area contributed by atoms with Crippen molar-refractivity contribution in [3.63, 3.8) is 0 Å². The number of hydrogen-bond donors (Lipinski definition) is 1. The second-order valence-electron chi connectivity index (χ2n) is 3.70. The number of likely N-dealkylation sites (N-methyl/N-ethyl adjacent to an activating group) is 1. The molecule has 0 spiro atoms. The van der Waals surface area contributed by atoms with E-state index in [1.54, 1.807) is 14.2 Å². The van der Waals surface area contributed by atoms with Crippen LogP contribution in [0.4, 0.5) is 0 Å². The zero-order chi connectivity index (χ0) is 12.5. The van der Waals surface area contributed by atoms with Crippen molar-refractivity contribution in [2.24, 2.45) is 0 Å². The second kappa shape index (κ2) is 8.39. The van der Waals surface area contributed by atoms with E-state index in [0.717, 1.165) is 24.7 Å². The Morgan fingerprint density at radius 3 is 2.82 bits per heavy atom. The van der Waals surface area contributed by atoms with Gasteiger partial charge in [0, 0.05) is 23.8 Å². The summed E-state index contributed by atoms with van der Waals surface area (Å²) in [5, 5.41) is 3.41. The fourth-order valence-corrected chi connectivity index (χ4v) is 2.53. The molecule has 0 aromatic heterocycles. The van der Waals surface area contributed by atoms with E-state index in [1.807, 2.05) is 23.9 Å². The van der Waals surface area contributed by atoms with Gasteiger partial charge in [0.25, 0.3) is 0 Å². The monoisotopic (exact) mass is 255 g/mol. The average Bonchev–Trinajstić information content (AvgIpc) is 2.37. The minimum atomic E-state index is 0.390. The van der Waals surface area contributed by atoms with Crippen LogP contribution < -0.4 is 10.1 Å². The molecule has 4 heteroatoms. The lowest BCUT2D eigenvalue weighted by atomic mass is 10.3. The van der Waals surface area contributed by atoms with Crippen LogP contribution in [0.25, 0.3) is 0 Å². The number of thioether (sulfide) groups is 1. The molecular weight excluding hydrogens is 234 g/mol. The van der Waals surface area contributed by atoms with Gasteiger partial charge in [0.2, 0.25) is 0 Å². The van der Waals surface area contributed by atoms with Crippen LogP contribution in [0.1, 0.15) is 6.92 Å². The van der Waals surface area contributed by atoms with E-state index in [9.17, 15) is 0 Å². The molecule has 0 fully saturated rings. The van der Waals surface area contributed by atoms with Crippen LogP contribution in [0.15, 0.2) is 29.2 Å². The van der Waals surface area contributed by atoms with Crippen molar-refractivity contribution in [2.75, 3.05) is 33.1 Å². The van der Waals surface area contributed by atoms with E-state index in [-0.39, 0.29) is 0 Å². The highest BCUT2D eigenvalue weighted by Gasteiger charge is 2.07. The van der Waals surface area contributed by atoms with Gasteiger partial charge in [-0.05, 0) is 24.7 Å². The fraction of sp³-hybridized carbons (Fsp3) is 0.538. The van der Waals surface area contributed by atoms with Crippen LogP contribution in [-0.2, 0) is 4.74 Å². The fourth-order valence-electron chi connectivity index (χ4n) is 1.54. The SMILES string of the molecule is CCNC(COC)CSc1cccc(OC)c1. The third kappa shape index (κ3) is 5.44. The maximum atomic E-state index is 5.20. The molecule has 17 heavy (non-hydrogen) atoms. The summed E-state index contributed by atoms with van der Waals surface area (Å²) < 4.78 is 10.4. The third-order valence-electron chi connectivity index (χ3n) is 2.35. The number of ether oxygens (including phenoxy) is 2. The summed E-state index contributed by atoms with van der Waals surface area (Å²) in [7, 11) is 3.43. The maximum Gasteiger partial charge on any atom is 0.119 e. The van der Waals surface area contributed by atoms with Crippen LogP contribution in [0.2, 0.25) is 0 Å². The Labute approximate surface area is 108 Å². The summed E-state index contributed by atoms with van der Waals surface area (Å²) in [5.41, 5.74) is 0. The Morgan fingerprint density at radius 1 is 1.35 bits per heavy atom. The maximum absolute atomic E-state index is 5.20. The molecule has 0 aliphatic carbocycles. The zero-order valence-electron chi connectivity index (χ0n) is 10.7. The molecule has 0 saturated heterocycles. The number of nitrogens with one attached hydrogen (secondary N) is 1. The van der Waals surface area contributed by atoms with Gasteiger partial charge in [0.15, 0.2) is 0 Å². The third-order valence-corrected chi connectivity index (χ3v) is 3.51. The van der Waals surface area contributed by atoms with Gasteiger partial charge < -0.3 is 14.8 Å². The van der Waals surface area contributed by atoms with E-state index in [1.165, 1.54) is 4.90 Å². The van der Waals surface area contributed by atoms with Crippen LogP contribution >= 0.6 is 11.8 Å². The van der Waals surface area contributed by atoms with Crippen LogP contribution in [0, 0.1) is 0 Å². The van der Waals surface area contributed by atoms with Crippen molar-refractivity contribution in [1.82, 2.24) is 5.32 Å². The van der Waals surface area contributed by atoms with Gasteiger partial charge in [0.05, 0.1) is 13.7 Å². The summed E-state index contributed by atoms with van der Waals surface area (Å²) in [5.74, 6) is 1.90. The molecule has 96 valence electrons. The van der Waals surface area contributed by atoms with Crippen molar-refractivity contribution in [2.45, 2.75) is 17.9 Å². The molecule has 1 rings (SSSR count). The lowest BCUT2D eigenvalue weighted by Crippen LogP contribution is -2.35. The predicted molar refractivity (Wildman–Crippen MR) is 73.1 cm³/mol. The van der Waals surface area contributed by atoms with Gasteiger partial charge in [-0.3, -0.25) is 0 Å². The van der Waals surface area contributed by atoms with Gasteiger partial charge in [0.1, 0.15) is 5.75 Å². The summed E-state index contributed by atoms with van der Waals surface area (Å²) in [6.07, 6.45) is 0. The summed E-state index contributed by atoms with van der Waals surface area (Å²) in [6, 6.07) is 8.52. The van der Waals surface area contributed by atoms with E-state index in [0.29, 0.717) is 6.04 Å². The topological polar surface area (TPSA) is 30.5 Å². The second-order valence-corrected chi connectivity index (χ2v) is 4.79. The van der Waals surface area contributed by atoms with Crippen molar-refractivity contribution >= 4 is 11.8 Å². The normalized spacial score (nSPS) is 12.4. The number of rotatable bonds is 8. The lowest BCUT2D eigenvalue weighted by Gasteiger charge is -2.16. The van der Waals surface area contributed by atoms with E-state index < -0.39 is 0 Å². The Bertz CT molecular complexity index is 314. The molecule has 1 aromatic rings. The van der Waals surface area contributed by atoms with Gasteiger partial charge in [-0.15, -0.1) is 11.8 Å². The molecule has 0 bridgehead atoms. The summed E-state index contributed by atoms with van der Waals surface area (Å²) >= 11 is 1.82. The van der Waals surface area contributed by atoms with Crippen LogP contribution in [-0.4, -0.2) is 39.2 Å². The minimum Gasteiger partial charge on any atom is -0.497 e. The largest absolute Gasteiger partial charge is 0.497 e. The zero-order valence-corrected chi connectivity index (χ0v) is 11.5. The summed E-state index contributed by atoms with van der Waals surface area (Å²) in [4.78, 5) is 1.23. The molecule has 0 heterocycles. The molecule has 1 N–H and O–H groups in total. The molecule has 0 aliphatic rings. The molecule has 0 saturated carbocycles. The van der Waals surface area contributed by atoms with Crippen molar-refractivity contribution in [3.8, 4) is 5.75 Å². The van der Waals surface area contributed by atoms with Gasteiger partial charge in [-0.1, -0.05) is 13.0 Å². The van der Waals surface area contributed by atoms with E-state index in [2.05, 4.69) is 24.4 Å². The molecule has 0 radical (unpaired) electrons. The van der Waals surface area contributed by atoms with Gasteiger partial charge in [-0.2, -0.15) is 0 Å². The Balaban J connectivity index is 2.46. The molecule has 1 unspecified atom stereocenters. The van der Waals surface area contributed by atoms with E-state index >= 15 is 0 Å². The number of hydrogen-bond acceptors (Lipinski definition) is 4. The first kappa shape index (κ1) is 14.4. The van der Waals surface area contributed by atoms with Crippen molar-refractivity contribution in [3.05, 3.63) is 24.3 Å². The first-order chi connectivity index (χ1) is 8.30. The van der Waals surface area contributed by atoms with Gasteiger partial charge >= 0.3 is 0 Å². The highest BCUT2D eigenvalue weighted by molar-refractivity contribution is 7.99. The van der Waals surface area contributed by atoms with Crippen molar-refractivity contribution in [1.29, 1.82) is 0 Å². The van der Waals surface area contributed by atoms with Crippen LogP contribution in [0.5, 0.6) is 5.75 Å². The van der Waals surface area contributed by atoms with E-state index in [4.69, 9.17) is 9.47 Å². The number of benzene rings is 1. The average molecular weight is 255 g/mol. The molecule has 3 nitrogen and oxygen atoms in total. The molecule has 0 amide bonds. The molecule has 0 aliphatic heterocycles. The molecular formula is C13H21NO2S. The van der Waals surface area contributed by atoms with Crippen LogP contribution in [0.3, 0.4) is 0 Å². The molecule has 1 atom stereocenters. The first-order valence-corrected chi connectivity index (χ1v) is 6.77. The Hall–Kier alpha value is -0.710. The smallest absolute Gasteiger partial charge is 0.119 e. The summed E-state index contributed by atoms with van der Waals surface area (Å²) in [6.45, 7) is 3.82. The predicted octanol–water partition coefficient (Wildman–Crippen LogP) is 2.41. The van der Waals surface area contributed by atoms with Crippen molar-refractivity contribution < 1.29 is 9.47 Å². The lowest BCUT2D eigenvalue weighted by molar-refractivity contribution is 0.174. The standard InChI is InChI=1S/C13H21NO2S/c1-4-14-11(9-15-2)10-17-13-7-5-6-12(8-13)16-3/h5-8,11,14H,4,9-10H2,1-3H3. The van der Waals surface area contributed by atoms with Gasteiger partial charge in [-0.25, -0.2) is 0 Å². The first-order valence-electron chi connectivity index (χ1n) is 5.79. The number of methoxy groups -OCH3 is 2.